The highest BCUT2D eigenvalue weighted by atomic mass is 16.4. The Morgan fingerprint density at radius 3 is 2.79 bits per heavy atom. The van der Waals surface area contributed by atoms with Gasteiger partial charge in [-0.05, 0) is 0 Å². The second-order valence-corrected chi connectivity index (χ2v) is 3.52. The lowest BCUT2D eigenvalue weighted by Crippen LogP contribution is -2.28. The predicted molar refractivity (Wildman–Crippen MR) is 61.3 cm³/mol. The van der Waals surface area contributed by atoms with E-state index in [2.05, 4.69) is 25.6 Å². The molecule has 0 aliphatic carbocycles. The van der Waals surface area contributed by atoms with Gasteiger partial charge in [0.25, 0.3) is 5.91 Å². The van der Waals surface area contributed by atoms with E-state index < -0.39 is 5.97 Å². The summed E-state index contributed by atoms with van der Waals surface area (Å²) in [4.78, 5) is 29.8. The summed E-state index contributed by atoms with van der Waals surface area (Å²) in [6.07, 6.45) is 5.54. The molecule has 0 atom stereocenters. The second kappa shape index (κ2) is 5.67. The molecule has 98 valence electrons. The molecule has 2 N–H and O–H groups in total. The number of hydrogen-bond donors (Lipinski definition) is 2. The fourth-order valence-corrected chi connectivity index (χ4v) is 1.30. The molecule has 0 spiro atoms. The normalized spacial score (nSPS) is 10.1. The van der Waals surface area contributed by atoms with Crippen molar-refractivity contribution in [2.45, 2.75) is 6.54 Å². The van der Waals surface area contributed by atoms with E-state index in [1.807, 2.05) is 0 Å². The van der Waals surface area contributed by atoms with Crippen LogP contribution in [0.5, 0.6) is 0 Å². The Morgan fingerprint density at radius 2 is 2.16 bits per heavy atom. The van der Waals surface area contributed by atoms with Crippen LogP contribution in [-0.4, -0.2) is 48.5 Å². The number of amides is 1. The summed E-state index contributed by atoms with van der Waals surface area (Å²) in [6.45, 7) is 0.587. The van der Waals surface area contributed by atoms with E-state index in [1.165, 1.54) is 29.5 Å². The average Bonchev–Trinajstić information content (AvgIpc) is 2.89. The number of carbonyl (C=O) groups excluding carboxylic acids is 1. The molecule has 0 aliphatic rings. The molecular formula is C10H10N6O3. The lowest BCUT2D eigenvalue weighted by molar-refractivity contribution is 0.0690. The van der Waals surface area contributed by atoms with Crippen LogP contribution in [0.2, 0.25) is 0 Å². The van der Waals surface area contributed by atoms with E-state index >= 15 is 0 Å². The van der Waals surface area contributed by atoms with Crippen molar-refractivity contribution >= 4 is 11.9 Å². The highest BCUT2D eigenvalue weighted by Gasteiger charge is 2.09. The molecule has 0 aromatic carbocycles. The van der Waals surface area contributed by atoms with Gasteiger partial charge in [-0.25, -0.2) is 14.5 Å². The zero-order valence-corrected chi connectivity index (χ0v) is 9.72. The van der Waals surface area contributed by atoms with Gasteiger partial charge in [0.15, 0.2) is 5.69 Å². The Kier molecular flexibility index (Phi) is 3.76. The van der Waals surface area contributed by atoms with Crippen LogP contribution in [-0.2, 0) is 6.54 Å². The van der Waals surface area contributed by atoms with Gasteiger partial charge in [0.2, 0.25) is 0 Å². The van der Waals surface area contributed by atoms with E-state index in [-0.39, 0.29) is 23.8 Å². The van der Waals surface area contributed by atoms with Crippen LogP contribution in [0.3, 0.4) is 0 Å². The SMILES string of the molecule is O=C(O)c1cn(CCNC(=O)c2cnccn2)nn1. The largest absolute Gasteiger partial charge is 0.476 e. The number of hydrogen-bond acceptors (Lipinski definition) is 6. The van der Waals surface area contributed by atoms with Crippen LogP contribution in [0.15, 0.2) is 24.8 Å². The molecule has 0 saturated carbocycles. The number of carbonyl (C=O) groups is 2. The number of aromatic carboxylic acids is 1. The van der Waals surface area contributed by atoms with Crippen molar-refractivity contribution < 1.29 is 14.7 Å². The van der Waals surface area contributed by atoms with Gasteiger partial charge >= 0.3 is 5.97 Å². The molecular weight excluding hydrogens is 252 g/mol. The van der Waals surface area contributed by atoms with Crippen LogP contribution in [0.4, 0.5) is 0 Å². The maximum Gasteiger partial charge on any atom is 0.358 e. The number of rotatable bonds is 5. The first kappa shape index (κ1) is 12.6. The Bertz CT molecular complexity index is 582. The Balaban J connectivity index is 1.83. The third-order valence-corrected chi connectivity index (χ3v) is 2.18. The van der Waals surface area contributed by atoms with Gasteiger partial charge < -0.3 is 10.4 Å². The molecule has 0 saturated heterocycles. The monoisotopic (exact) mass is 262 g/mol. The first-order valence-electron chi connectivity index (χ1n) is 5.34. The Labute approximate surface area is 107 Å². The topological polar surface area (TPSA) is 123 Å². The highest BCUT2D eigenvalue weighted by Crippen LogP contribution is 1.93. The van der Waals surface area contributed by atoms with Gasteiger partial charge in [-0.1, -0.05) is 5.21 Å². The minimum atomic E-state index is -1.14. The molecule has 2 heterocycles. The number of carboxylic acid groups (broad SMARTS) is 1. The smallest absolute Gasteiger partial charge is 0.358 e. The fraction of sp³-hybridized carbons (Fsp3) is 0.200. The molecule has 2 aromatic rings. The number of nitrogens with zero attached hydrogens (tertiary/aromatic N) is 5. The van der Waals surface area contributed by atoms with Crippen LogP contribution < -0.4 is 5.32 Å². The zero-order chi connectivity index (χ0) is 13.7. The summed E-state index contributed by atoms with van der Waals surface area (Å²) in [5, 5.41) is 18.3. The Hall–Kier alpha value is -2.84. The van der Waals surface area contributed by atoms with E-state index in [9.17, 15) is 9.59 Å². The zero-order valence-electron chi connectivity index (χ0n) is 9.72. The molecule has 9 heteroatoms. The van der Waals surface area contributed by atoms with Gasteiger partial charge in [-0.15, -0.1) is 5.10 Å². The van der Waals surface area contributed by atoms with E-state index in [0.29, 0.717) is 6.54 Å². The van der Waals surface area contributed by atoms with Crippen LogP contribution in [0.25, 0.3) is 0 Å². The summed E-state index contributed by atoms with van der Waals surface area (Å²) in [5.74, 6) is -1.50. The van der Waals surface area contributed by atoms with Gasteiger partial charge in [0.05, 0.1) is 18.9 Å². The number of carboxylic acids is 1. The van der Waals surface area contributed by atoms with Crippen molar-refractivity contribution in [1.29, 1.82) is 0 Å². The highest BCUT2D eigenvalue weighted by molar-refractivity contribution is 5.91. The molecule has 9 nitrogen and oxygen atoms in total. The van der Waals surface area contributed by atoms with Gasteiger partial charge in [0, 0.05) is 18.9 Å². The van der Waals surface area contributed by atoms with Crippen LogP contribution in [0, 0.1) is 0 Å². The summed E-state index contributed by atoms with van der Waals surface area (Å²) in [6, 6.07) is 0. The number of aromatic nitrogens is 5. The molecule has 2 aromatic heterocycles. The first-order valence-corrected chi connectivity index (χ1v) is 5.34. The Morgan fingerprint density at radius 1 is 1.32 bits per heavy atom. The minimum absolute atomic E-state index is 0.139. The van der Waals surface area contributed by atoms with Gasteiger partial charge in [-0.3, -0.25) is 9.78 Å². The molecule has 0 fully saturated rings. The first-order chi connectivity index (χ1) is 9.16. The second-order valence-electron chi connectivity index (χ2n) is 3.52. The maximum atomic E-state index is 11.6. The molecule has 0 radical (unpaired) electrons. The van der Waals surface area contributed by atoms with Crippen LogP contribution in [0.1, 0.15) is 21.0 Å². The summed E-state index contributed by atoms with van der Waals surface area (Å²) in [7, 11) is 0. The van der Waals surface area contributed by atoms with Gasteiger partial charge in [0.1, 0.15) is 5.69 Å². The van der Waals surface area contributed by atoms with Crippen molar-refractivity contribution in [1.82, 2.24) is 30.3 Å². The molecule has 0 unspecified atom stereocenters. The number of nitrogens with one attached hydrogen (secondary N) is 1. The lowest BCUT2D eigenvalue weighted by atomic mass is 10.4. The van der Waals surface area contributed by atoms with Crippen molar-refractivity contribution in [2.75, 3.05) is 6.54 Å². The molecule has 1 amide bonds. The molecule has 0 bridgehead atoms. The predicted octanol–water partition coefficient (Wildman–Crippen LogP) is -0.804. The van der Waals surface area contributed by atoms with Crippen molar-refractivity contribution in [2.24, 2.45) is 0 Å². The minimum Gasteiger partial charge on any atom is -0.476 e. The van der Waals surface area contributed by atoms with E-state index in [4.69, 9.17) is 5.11 Å². The fourth-order valence-electron chi connectivity index (χ4n) is 1.30. The summed E-state index contributed by atoms with van der Waals surface area (Å²) >= 11 is 0. The van der Waals surface area contributed by atoms with E-state index in [0.717, 1.165) is 0 Å². The molecule has 19 heavy (non-hydrogen) atoms. The van der Waals surface area contributed by atoms with Crippen molar-refractivity contribution in [3.05, 3.63) is 36.2 Å². The average molecular weight is 262 g/mol. The van der Waals surface area contributed by atoms with Crippen molar-refractivity contribution in [3.63, 3.8) is 0 Å². The van der Waals surface area contributed by atoms with Crippen molar-refractivity contribution in [3.8, 4) is 0 Å². The molecule has 2 rings (SSSR count). The maximum absolute atomic E-state index is 11.6. The standard InChI is InChI=1S/C10H10N6O3/c17-9(7-5-11-1-2-12-7)13-3-4-16-6-8(10(18)19)14-15-16/h1-2,5-6H,3-4H2,(H,13,17)(H,18,19). The van der Waals surface area contributed by atoms with Crippen LogP contribution >= 0.6 is 0 Å². The third kappa shape index (κ3) is 3.31. The van der Waals surface area contributed by atoms with Gasteiger partial charge in [-0.2, -0.15) is 0 Å². The van der Waals surface area contributed by atoms with E-state index in [1.54, 1.807) is 0 Å². The quantitative estimate of drug-likeness (QED) is 0.722. The lowest BCUT2D eigenvalue weighted by Gasteiger charge is -2.03. The summed E-state index contributed by atoms with van der Waals surface area (Å²) in [5.41, 5.74) is 0.0765. The summed E-state index contributed by atoms with van der Waals surface area (Å²) < 4.78 is 1.33. The molecule has 0 aliphatic heterocycles. The third-order valence-electron chi connectivity index (χ3n) is 2.18.